The highest BCUT2D eigenvalue weighted by Gasteiger charge is 2.20. The third-order valence-corrected chi connectivity index (χ3v) is 4.23. The van der Waals surface area contributed by atoms with Gasteiger partial charge in [-0.2, -0.15) is 5.10 Å². The number of nitro benzene ring substituents is 1. The number of hydrogen-bond donors (Lipinski definition) is 2. The zero-order chi connectivity index (χ0) is 18.3. The number of aromatic amines is 2. The van der Waals surface area contributed by atoms with Crippen molar-refractivity contribution >= 4 is 16.6 Å². The molecule has 0 saturated heterocycles. The van der Waals surface area contributed by atoms with Crippen molar-refractivity contribution in [1.29, 1.82) is 0 Å². The fraction of sp³-hybridized carbons (Fsp3) is 0.0526. The molecule has 0 saturated carbocycles. The van der Waals surface area contributed by atoms with Gasteiger partial charge in [-0.25, -0.2) is 0 Å². The number of non-ortho nitro benzene ring substituents is 1. The molecule has 0 spiro atoms. The van der Waals surface area contributed by atoms with E-state index in [1.807, 2.05) is 37.3 Å². The number of nitro groups is 1. The van der Waals surface area contributed by atoms with Gasteiger partial charge < -0.3 is 4.98 Å². The van der Waals surface area contributed by atoms with Crippen molar-refractivity contribution in [3.63, 3.8) is 0 Å². The predicted octanol–water partition coefficient (Wildman–Crippen LogP) is 3.80. The largest absolute Gasteiger partial charge is 0.321 e. The molecule has 4 aromatic rings. The molecule has 0 bridgehead atoms. The van der Waals surface area contributed by atoms with Crippen molar-refractivity contribution in [2.45, 2.75) is 6.92 Å². The Morgan fingerprint density at radius 1 is 1.04 bits per heavy atom. The van der Waals surface area contributed by atoms with Crippen LogP contribution in [0.15, 0.2) is 59.4 Å². The molecule has 7 nitrogen and oxygen atoms in total. The third-order valence-electron chi connectivity index (χ3n) is 4.23. The van der Waals surface area contributed by atoms with Gasteiger partial charge in [-0.05, 0) is 24.6 Å². The van der Waals surface area contributed by atoms with E-state index < -0.39 is 4.92 Å². The van der Waals surface area contributed by atoms with Crippen LogP contribution in [0.2, 0.25) is 0 Å². The lowest BCUT2D eigenvalue weighted by atomic mass is 9.94. The molecule has 0 fully saturated rings. The number of nitrogens with zero attached hydrogens (tertiary/aromatic N) is 2. The second-order valence-electron chi connectivity index (χ2n) is 5.99. The number of benzene rings is 2. The third kappa shape index (κ3) is 2.55. The summed E-state index contributed by atoms with van der Waals surface area (Å²) < 4.78 is 0. The summed E-state index contributed by atoms with van der Waals surface area (Å²) in [6.07, 6.45) is 0. The maximum Gasteiger partial charge on any atom is 0.270 e. The number of hydrogen-bond acceptors (Lipinski definition) is 4. The maximum absolute atomic E-state index is 12.8. The van der Waals surface area contributed by atoms with Crippen molar-refractivity contribution in [3.8, 4) is 22.4 Å². The maximum atomic E-state index is 12.8. The summed E-state index contributed by atoms with van der Waals surface area (Å²) in [6.45, 7) is 1.85. The first-order valence-corrected chi connectivity index (χ1v) is 7.97. The van der Waals surface area contributed by atoms with Crippen LogP contribution in [0.4, 0.5) is 5.69 Å². The smallest absolute Gasteiger partial charge is 0.270 e. The van der Waals surface area contributed by atoms with Crippen molar-refractivity contribution < 1.29 is 4.92 Å². The van der Waals surface area contributed by atoms with Gasteiger partial charge in [0.25, 0.3) is 11.2 Å². The van der Waals surface area contributed by atoms with Gasteiger partial charge >= 0.3 is 0 Å². The lowest BCUT2D eigenvalue weighted by Crippen LogP contribution is -2.11. The van der Waals surface area contributed by atoms with E-state index in [1.54, 1.807) is 12.1 Å². The van der Waals surface area contributed by atoms with Gasteiger partial charge in [0.1, 0.15) is 0 Å². The summed E-state index contributed by atoms with van der Waals surface area (Å²) in [5.41, 5.74) is 3.32. The average Bonchev–Trinajstić information content (AvgIpc) is 3.06. The normalized spacial score (nSPS) is 11.0. The van der Waals surface area contributed by atoms with Crippen molar-refractivity contribution in [2.75, 3.05) is 0 Å². The van der Waals surface area contributed by atoms with Crippen LogP contribution < -0.4 is 5.56 Å². The van der Waals surface area contributed by atoms with Gasteiger partial charge in [0.05, 0.1) is 16.2 Å². The van der Waals surface area contributed by atoms with E-state index in [-0.39, 0.29) is 11.2 Å². The molecule has 0 aliphatic rings. The Balaban J connectivity index is 2.17. The van der Waals surface area contributed by atoms with E-state index >= 15 is 0 Å². The second-order valence-corrected chi connectivity index (χ2v) is 5.99. The van der Waals surface area contributed by atoms with E-state index in [9.17, 15) is 14.9 Å². The van der Waals surface area contributed by atoms with Crippen LogP contribution in [0.5, 0.6) is 0 Å². The molecule has 26 heavy (non-hydrogen) atoms. The van der Waals surface area contributed by atoms with Crippen LogP contribution in [0.25, 0.3) is 33.3 Å². The number of aryl methyl sites for hydroxylation is 1. The molecule has 2 N–H and O–H groups in total. The SMILES string of the molecule is Cc1cc(-c2c(-c3ccccc3)c3cc([N+](=O)[O-])ccc3[nH]c2=O)n[nH]1. The molecule has 0 aliphatic heterocycles. The summed E-state index contributed by atoms with van der Waals surface area (Å²) in [5, 5.41) is 18.9. The van der Waals surface area contributed by atoms with Crippen LogP contribution in [0.1, 0.15) is 5.69 Å². The number of aromatic nitrogens is 3. The van der Waals surface area contributed by atoms with Crippen LogP contribution in [0.3, 0.4) is 0 Å². The highest BCUT2D eigenvalue weighted by molar-refractivity contribution is 6.02. The van der Waals surface area contributed by atoms with Crippen LogP contribution in [0, 0.1) is 17.0 Å². The van der Waals surface area contributed by atoms with Gasteiger partial charge in [-0.15, -0.1) is 0 Å². The molecule has 2 heterocycles. The van der Waals surface area contributed by atoms with Gasteiger partial charge in [0.2, 0.25) is 0 Å². The van der Waals surface area contributed by atoms with E-state index in [2.05, 4.69) is 15.2 Å². The first-order chi connectivity index (χ1) is 12.5. The first-order valence-electron chi connectivity index (χ1n) is 7.97. The van der Waals surface area contributed by atoms with Gasteiger partial charge in [-0.3, -0.25) is 20.0 Å². The van der Waals surface area contributed by atoms with Gasteiger partial charge in [-0.1, -0.05) is 30.3 Å². The minimum atomic E-state index is -0.447. The van der Waals surface area contributed by atoms with Crippen LogP contribution in [-0.2, 0) is 0 Å². The molecular weight excluding hydrogens is 332 g/mol. The number of nitrogens with one attached hydrogen (secondary N) is 2. The number of H-pyrrole nitrogens is 2. The first kappa shape index (κ1) is 15.8. The Morgan fingerprint density at radius 2 is 1.81 bits per heavy atom. The highest BCUT2D eigenvalue weighted by Crippen LogP contribution is 2.35. The molecule has 0 radical (unpaired) electrons. The second kappa shape index (κ2) is 5.96. The quantitative estimate of drug-likeness (QED) is 0.435. The summed E-state index contributed by atoms with van der Waals surface area (Å²) in [5.74, 6) is 0. The topological polar surface area (TPSA) is 105 Å². The van der Waals surface area contributed by atoms with E-state index in [4.69, 9.17) is 0 Å². The number of fused-ring (bicyclic) bond motifs is 1. The molecule has 0 amide bonds. The zero-order valence-corrected chi connectivity index (χ0v) is 13.8. The molecule has 0 aliphatic carbocycles. The molecule has 0 unspecified atom stereocenters. The van der Waals surface area contributed by atoms with Gasteiger partial charge in [0, 0.05) is 34.3 Å². The highest BCUT2D eigenvalue weighted by atomic mass is 16.6. The van der Waals surface area contributed by atoms with E-state index in [0.717, 1.165) is 11.3 Å². The van der Waals surface area contributed by atoms with E-state index in [1.165, 1.54) is 12.1 Å². The summed E-state index contributed by atoms with van der Waals surface area (Å²) in [7, 11) is 0. The fourth-order valence-corrected chi connectivity index (χ4v) is 3.09. The fourth-order valence-electron chi connectivity index (χ4n) is 3.09. The Bertz CT molecular complexity index is 1190. The average molecular weight is 346 g/mol. The Hall–Kier alpha value is -3.74. The lowest BCUT2D eigenvalue weighted by Gasteiger charge is -2.11. The molecule has 2 aromatic carbocycles. The van der Waals surface area contributed by atoms with Crippen molar-refractivity contribution in [2.24, 2.45) is 0 Å². The zero-order valence-electron chi connectivity index (χ0n) is 13.8. The Labute approximate surface area is 147 Å². The molecular formula is C19H14N4O3. The van der Waals surface area contributed by atoms with Crippen LogP contribution >= 0.6 is 0 Å². The van der Waals surface area contributed by atoms with Crippen molar-refractivity contribution in [1.82, 2.24) is 15.2 Å². The minimum absolute atomic E-state index is 0.0362. The monoisotopic (exact) mass is 346 g/mol. The van der Waals surface area contributed by atoms with Crippen molar-refractivity contribution in [3.05, 3.63) is 80.8 Å². The summed E-state index contributed by atoms with van der Waals surface area (Å²) in [6, 6.07) is 15.5. The Kier molecular flexibility index (Phi) is 3.62. The summed E-state index contributed by atoms with van der Waals surface area (Å²) >= 11 is 0. The predicted molar refractivity (Wildman–Crippen MR) is 99.0 cm³/mol. The molecule has 2 aromatic heterocycles. The molecule has 128 valence electrons. The number of rotatable bonds is 3. The standard InChI is InChI=1S/C19H14N4O3/c1-11-9-16(22-21-11)18-17(12-5-3-2-4-6-12)14-10-13(23(25)26)7-8-15(14)20-19(18)24/h2-10H,1H3,(H,20,24)(H,21,22). The van der Waals surface area contributed by atoms with E-state index in [0.29, 0.717) is 27.7 Å². The number of pyridine rings is 1. The molecule has 0 atom stereocenters. The lowest BCUT2D eigenvalue weighted by molar-refractivity contribution is -0.384. The van der Waals surface area contributed by atoms with Gasteiger partial charge in [0.15, 0.2) is 0 Å². The molecule has 7 heteroatoms. The minimum Gasteiger partial charge on any atom is -0.321 e. The Morgan fingerprint density at radius 3 is 2.46 bits per heavy atom. The van der Waals surface area contributed by atoms with Crippen LogP contribution in [-0.4, -0.2) is 20.1 Å². The molecule has 4 rings (SSSR count). The summed E-state index contributed by atoms with van der Waals surface area (Å²) in [4.78, 5) is 26.4.